The monoisotopic (exact) mass is 365 g/mol. The molecule has 9 heteroatoms. The van der Waals surface area contributed by atoms with Gasteiger partial charge in [0.25, 0.3) is 5.56 Å². The van der Waals surface area contributed by atoms with Crippen molar-refractivity contribution in [3.05, 3.63) is 21.0 Å². The highest BCUT2D eigenvalue weighted by Gasteiger charge is 2.11. The molecule has 0 fully saturated rings. The Morgan fingerprint density at radius 3 is 2.90 bits per heavy atom. The molecule has 1 unspecified atom stereocenters. The number of nitrogens with zero attached hydrogens (tertiary/aromatic N) is 2. The maximum atomic E-state index is 11.9. The fourth-order valence-corrected chi connectivity index (χ4v) is 2.38. The first kappa shape index (κ1) is 16.8. The van der Waals surface area contributed by atoms with Crippen LogP contribution in [-0.4, -0.2) is 45.6 Å². The number of aromatic nitrogens is 2. The first-order chi connectivity index (χ1) is 9.45. The number of nitrogens with one attached hydrogen (secondary N) is 1. The average molecular weight is 366 g/mol. The van der Waals surface area contributed by atoms with E-state index in [0.717, 1.165) is 11.1 Å². The summed E-state index contributed by atoms with van der Waals surface area (Å²) in [7, 11) is 0.417. The van der Waals surface area contributed by atoms with Gasteiger partial charge in [0.05, 0.1) is 19.0 Å². The van der Waals surface area contributed by atoms with Crippen molar-refractivity contribution in [3.8, 4) is 0 Å². The van der Waals surface area contributed by atoms with Gasteiger partial charge < -0.3 is 10.1 Å². The minimum atomic E-state index is -0.829. The Kier molecular flexibility index (Phi) is 6.86. The number of anilines is 1. The normalized spacial score (nSPS) is 11.9. The summed E-state index contributed by atoms with van der Waals surface area (Å²) >= 11 is 3.18. The highest BCUT2D eigenvalue weighted by Crippen LogP contribution is 2.15. The number of ether oxygens (including phenoxy) is 1. The Labute approximate surface area is 127 Å². The topological polar surface area (TPSA) is 90.3 Å². The summed E-state index contributed by atoms with van der Waals surface area (Å²) in [6.45, 7) is 0.351. The molecule has 0 amide bonds. The van der Waals surface area contributed by atoms with Gasteiger partial charge in [-0.2, -0.15) is 5.10 Å². The number of hydrogen-bond acceptors (Lipinski definition) is 6. The van der Waals surface area contributed by atoms with Crippen molar-refractivity contribution in [3.63, 3.8) is 0 Å². The molecule has 0 aliphatic rings. The SMILES string of the molecule is COC(=O)Cn1ncc(NCCCS(C)=O)c(Br)c1=O. The van der Waals surface area contributed by atoms with Gasteiger partial charge in [0, 0.05) is 29.4 Å². The lowest BCUT2D eigenvalue weighted by Gasteiger charge is -2.09. The van der Waals surface area contributed by atoms with Crippen LogP contribution in [0.25, 0.3) is 0 Å². The van der Waals surface area contributed by atoms with Gasteiger partial charge in [-0.25, -0.2) is 4.68 Å². The third-order valence-corrected chi connectivity index (χ3v) is 4.05. The summed E-state index contributed by atoms with van der Waals surface area (Å²) < 4.78 is 16.7. The molecule has 0 aromatic carbocycles. The summed E-state index contributed by atoms with van der Waals surface area (Å²) in [5, 5.41) is 6.92. The predicted molar refractivity (Wildman–Crippen MR) is 80.3 cm³/mol. The average Bonchev–Trinajstić information content (AvgIpc) is 2.41. The van der Waals surface area contributed by atoms with Crippen molar-refractivity contribution in [1.82, 2.24) is 9.78 Å². The van der Waals surface area contributed by atoms with Crippen LogP contribution >= 0.6 is 15.9 Å². The zero-order valence-corrected chi connectivity index (χ0v) is 13.6. The molecular formula is C11H16BrN3O4S. The molecule has 0 saturated heterocycles. The van der Waals surface area contributed by atoms with Gasteiger partial charge in [-0.1, -0.05) is 0 Å². The van der Waals surface area contributed by atoms with Crippen LogP contribution in [0, 0.1) is 0 Å². The molecule has 1 aromatic rings. The molecule has 7 nitrogen and oxygen atoms in total. The van der Waals surface area contributed by atoms with Crippen LogP contribution in [0.1, 0.15) is 6.42 Å². The number of esters is 1. The highest BCUT2D eigenvalue weighted by atomic mass is 79.9. The minimum Gasteiger partial charge on any atom is -0.468 e. The number of rotatable bonds is 7. The third kappa shape index (κ3) is 5.04. The Balaban J connectivity index is 2.71. The Hall–Kier alpha value is -1.22. The summed E-state index contributed by atoms with van der Waals surface area (Å²) in [5.41, 5.74) is 0.123. The molecule has 1 N–H and O–H groups in total. The highest BCUT2D eigenvalue weighted by molar-refractivity contribution is 9.10. The van der Waals surface area contributed by atoms with Crippen LogP contribution in [0.15, 0.2) is 15.5 Å². The summed E-state index contributed by atoms with van der Waals surface area (Å²) in [5.74, 6) is 0.0508. The van der Waals surface area contributed by atoms with Crippen LogP contribution in [-0.2, 0) is 26.9 Å². The molecule has 0 aliphatic carbocycles. The van der Waals surface area contributed by atoms with E-state index < -0.39 is 22.3 Å². The maximum absolute atomic E-state index is 11.9. The summed E-state index contributed by atoms with van der Waals surface area (Å²) in [4.78, 5) is 23.1. The van der Waals surface area contributed by atoms with Gasteiger partial charge in [0.2, 0.25) is 0 Å². The maximum Gasteiger partial charge on any atom is 0.327 e. The second-order valence-electron chi connectivity index (χ2n) is 3.97. The molecule has 0 saturated carbocycles. The molecule has 20 heavy (non-hydrogen) atoms. The Morgan fingerprint density at radius 2 is 2.30 bits per heavy atom. The molecule has 0 spiro atoms. The van der Waals surface area contributed by atoms with Gasteiger partial charge in [-0.15, -0.1) is 0 Å². The van der Waals surface area contributed by atoms with E-state index in [0.29, 0.717) is 22.5 Å². The Morgan fingerprint density at radius 1 is 1.60 bits per heavy atom. The summed E-state index contributed by atoms with van der Waals surface area (Å²) in [6.07, 6.45) is 3.82. The van der Waals surface area contributed by atoms with Crippen LogP contribution in [0.4, 0.5) is 5.69 Å². The van der Waals surface area contributed by atoms with Crippen molar-refractivity contribution in [2.24, 2.45) is 0 Å². The molecule has 0 radical (unpaired) electrons. The van der Waals surface area contributed by atoms with Gasteiger partial charge in [0.1, 0.15) is 11.0 Å². The smallest absolute Gasteiger partial charge is 0.327 e. The van der Waals surface area contributed by atoms with E-state index in [1.807, 2.05) is 0 Å². The second kappa shape index (κ2) is 8.15. The van der Waals surface area contributed by atoms with Crippen molar-refractivity contribution in [1.29, 1.82) is 0 Å². The Bertz CT molecular complexity index is 561. The first-order valence-corrected chi connectivity index (χ1v) is 8.34. The molecular weight excluding hydrogens is 350 g/mol. The number of carbonyl (C=O) groups excluding carboxylic acids is 1. The van der Waals surface area contributed by atoms with Crippen LogP contribution in [0.5, 0.6) is 0 Å². The lowest BCUT2D eigenvalue weighted by atomic mass is 10.4. The number of halogens is 1. The fourth-order valence-electron chi connectivity index (χ4n) is 1.39. The number of methoxy groups -OCH3 is 1. The van der Waals surface area contributed by atoms with E-state index in [9.17, 15) is 13.8 Å². The van der Waals surface area contributed by atoms with Crippen LogP contribution in [0.2, 0.25) is 0 Å². The molecule has 112 valence electrons. The van der Waals surface area contributed by atoms with Crippen LogP contribution < -0.4 is 10.9 Å². The zero-order chi connectivity index (χ0) is 15.1. The molecule has 1 rings (SSSR count). The lowest BCUT2D eigenvalue weighted by molar-refractivity contribution is -0.141. The van der Waals surface area contributed by atoms with Gasteiger partial charge >= 0.3 is 5.97 Å². The number of hydrogen-bond donors (Lipinski definition) is 1. The van der Waals surface area contributed by atoms with Gasteiger partial charge in [-0.3, -0.25) is 13.8 Å². The van der Waals surface area contributed by atoms with Crippen molar-refractivity contribution in [2.45, 2.75) is 13.0 Å². The van der Waals surface area contributed by atoms with Gasteiger partial charge in [0.15, 0.2) is 0 Å². The van der Waals surface area contributed by atoms with E-state index in [1.165, 1.54) is 13.3 Å². The molecule has 1 aromatic heterocycles. The lowest BCUT2D eigenvalue weighted by Crippen LogP contribution is -2.28. The van der Waals surface area contributed by atoms with Crippen molar-refractivity contribution >= 4 is 38.4 Å². The predicted octanol–water partition coefficient (Wildman–Crippen LogP) is 0.359. The largest absolute Gasteiger partial charge is 0.468 e. The zero-order valence-electron chi connectivity index (χ0n) is 11.2. The molecule has 0 aliphatic heterocycles. The van der Waals surface area contributed by atoms with Crippen molar-refractivity contribution < 1.29 is 13.7 Å². The first-order valence-electron chi connectivity index (χ1n) is 5.82. The second-order valence-corrected chi connectivity index (χ2v) is 6.32. The quantitative estimate of drug-likeness (QED) is 0.554. The fraction of sp³-hybridized carbons (Fsp3) is 0.545. The molecule has 1 heterocycles. The summed E-state index contributed by atoms with van der Waals surface area (Å²) in [6, 6.07) is 0. The van der Waals surface area contributed by atoms with E-state index in [4.69, 9.17) is 0 Å². The standard InChI is InChI=1S/C11H16BrN3O4S/c1-19-9(16)7-15-11(17)10(12)8(6-14-15)13-4-3-5-20(2)18/h6,13H,3-5,7H2,1-2H3. The van der Waals surface area contributed by atoms with E-state index in [2.05, 4.69) is 31.1 Å². The molecule has 0 bridgehead atoms. The van der Waals surface area contributed by atoms with E-state index in [-0.39, 0.29) is 6.54 Å². The van der Waals surface area contributed by atoms with Gasteiger partial charge in [-0.05, 0) is 22.4 Å². The van der Waals surface area contributed by atoms with Crippen LogP contribution in [0.3, 0.4) is 0 Å². The molecule has 1 atom stereocenters. The van der Waals surface area contributed by atoms with Crippen molar-refractivity contribution in [2.75, 3.05) is 31.0 Å². The van der Waals surface area contributed by atoms with E-state index >= 15 is 0 Å². The van der Waals surface area contributed by atoms with E-state index in [1.54, 1.807) is 6.26 Å². The number of carbonyl (C=O) groups is 1. The third-order valence-electron chi connectivity index (χ3n) is 2.42. The minimum absolute atomic E-state index is 0.233.